The number of rotatable bonds is 7. The topological polar surface area (TPSA) is 104 Å². The van der Waals surface area contributed by atoms with E-state index in [9.17, 15) is 13.2 Å². The van der Waals surface area contributed by atoms with Crippen LogP contribution in [0.3, 0.4) is 0 Å². The molecule has 0 saturated carbocycles. The molecule has 1 unspecified atom stereocenters. The molecule has 2 N–H and O–H groups in total. The Balaban J connectivity index is 1.14. The summed E-state index contributed by atoms with van der Waals surface area (Å²) in [7, 11) is -3.70. The van der Waals surface area contributed by atoms with Gasteiger partial charge in [0.15, 0.2) is 0 Å². The fourth-order valence-electron chi connectivity index (χ4n) is 4.72. The number of amides is 1. The molecule has 1 amide bonds. The summed E-state index contributed by atoms with van der Waals surface area (Å²) in [5, 5.41) is 3.49. The van der Waals surface area contributed by atoms with Crippen LogP contribution in [-0.2, 0) is 14.8 Å². The summed E-state index contributed by atoms with van der Waals surface area (Å²) in [6.45, 7) is 3.58. The van der Waals surface area contributed by atoms with Crippen molar-refractivity contribution in [3.8, 4) is 0 Å². The van der Waals surface area contributed by atoms with Crippen LogP contribution in [0.2, 0.25) is 0 Å². The van der Waals surface area contributed by atoms with Crippen molar-refractivity contribution >= 4 is 44.4 Å². The molecule has 35 heavy (non-hydrogen) atoms. The molecule has 10 heteroatoms. The third kappa shape index (κ3) is 5.08. The molecule has 2 atom stereocenters. The largest absolute Gasteiger partial charge is 0.371 e. The number of piperidine rings is 1. The molecule has 1 aromatic heterocycles. The fraction of sp³-hybridized carbons (Fsp3) is 0.320. The van der Waals surface area contributed by atoms with Crippen molar-refractivity contribution < 1.29 is 13.2 Å². The first-order valence-corrected chi connectivity index (χ1v) is 13.9. The van der Waals surface area contributed by atoms with Crippen LogP contribution < -0.4 is 14.9 Å². The maximum atomic E-state index is 13.0. The molecule has 1 aliphatic heterocycles. The zero-order valence-electron chi connectivity index (χ0n) is 19.3. The van der Waals surface area contributed by atoms with Crippen LogP contribution in [-0.4, -0.2) is 42.8 Å². The van der Waals surface area contributed by atoms with E-state index < -0.39 is 10.0 Å². The number of carbonyl (C=O) groups is 1. The monoisotopic (exact) mass is 509 g/mol. The van der Waals surface area contributed by atoms with Crippen molar-refractivity contribution in [1.82, 2.24) is 14.7 Å². The molecular weight excluding hydrogens is 482 g/mol. The molecule has 3 aromatic rings. The molecule has 8 nitrogen and oxygen atoms in total. The zero-order chi connectivity index (χ0) is 24.4. The maximum Gasteiger partial charge on any atom is 0.263 e. The van der Waals surface area contributed by atoms with Gasteiger partial charge in [-0.25, -0.2) is 13.4 Å². The van der Waals surface area contributed by atoms with Gasteiger partial charge in [-0.2, -0.15) is 4.37 Å². The molecule has 0 spiro atoms. The number of aromatic nitrogens is 2. The number of allylic oxidation sites excluding steroid dienone is 1. The molecule has 5 rings (SSSR count). The highest BCUT2D eigenvalue weighted by molar-refractivity contribution is 7.93. The van der Waals surface area contributed by atoms with Crippen LogP contribution in [0.15, 0.2) is 65.8 Å². The van der Waals surface area contributed by atoms with Crippen molar-refractivity contribution in [2.75, 3.05) is 22.7 Å². The van der Waals surface area contributed by atoms with E-state index in [0.717, 1.165) is 43.2 Å². The fourth-order valence-corrected chi connectivity index (χ4v) is 6.38. The molecule has 1 saturated heterocycles. The first-order chi connectivity index (χ1) is 16.9. The molecule has 2 heterocycles. The van der Waals surface area contributed by atoms with E-state index in [0.29, 0.717) is 0 Å². The number of nitrogens with one attached hydrogen (secondary N) is 2. The lowest BCUT2D eigenvalue weighted by atomic mass is 9.88. The van der Waals surface area contributed by atoms with Crippen molar-refractivity contribution in [2.24, 2.45) is 5.92 Å². The van der Waals surface area contributed by atoms with Gasteiger partial charge >= 0.3 is 0 Å². The van der Waals surface area contributed by atoms with Gasteiger partial charge in [0.05, 0.1) is 4.90 Å². The van der Waals surface area contributed by atoms with Crippen LogP contribution in [0.4, 0.5) is 10.8 Å². The van der Waals surface area contributed by atoms with Gasteiger partial charge in [0.25, 0.3) is 10.0 Å². The van der Waals surface area contributed by atoms with E-state index in [1.165, 1.54) is 17.5 Å². The Morgan fingerprint density at radius 1 is 1.11 bits per heavy atom. The van der Waals surface area contributed by atoms with Crippen molar-refractivity contribution in [3.63, 3.8) is 0 Å². The number of hydrogen-bond donors (Lipinski definition) is 2. The Morgan fingerprint density at radius 2 is 1.86 bits per heavy atom. The lowest BCUT2D eigenvalue weighted by Gasteiger charge is -2.34. The first-order valence-electron chi connectivity index (χ1n) is 11.6. The van der Waals surface area contributed by atoms with Gasteiger partial charge in [-0.3, -0.25) is 9.52 Å². The zero-order valence-corrected chi connectivity index (χ0v) is 20.9. The lowest BCUT2D eigenvalue weighted by molar-refractivity contribution is -0.125. The summed E-state index contributed by atoms with van der Waals surface area (Å²) in [5.41, 5.74) is 3.37. The molecular formula is C25H27N5O3S2. The van der Waals surface area contributed by atoms with E-state index in [4.69, 9.17) is 0 Å². The normalized spacial score (nSPS) is 18.8. The van der Waals surface area contributed by atoms with E-state index in [1.807, 2.05) is 31.2 Å². The smallest absolute Gasteiger partial charge is 0.263 e. The predicted molar refractivity (Wildman–Crippen MR) is 138 cm³/mol. The third-order valence-electron chi connectivity index (χ3n) is 6.73. The second-order valence-electron chi connectivity index (χ2n) is 8.92. The van der Waals surface area contributed by atoms with Crippen molar-refractivity contribution in [2.45, 2.75) is 36.6 Å². The van der Waals surface area contributed by atoms with Crippen LogP contribution in [0, 0.1) is 5.92 Å². The molecule has 1 fully saturated rings. The highest BCUT2D eigenvalue weighted by atomic mass is 32.2. The standard InChI is InChI=1S/C25H27N5O3S2/c1-17(22-11-6-18-4-2-3-5-23(18)22)24(31)28-19-12-14-30(15-13-19)20-7-9-21(10-8-20)35(32,33)29-25-26-16-27-34-25/h2-11,16-17,19,22H,12-15H2,1H3,(H,28,31)(H,26,27,29)/t17-,22?/m0/s1. The number of carbonyl (C=O) groups excluding carboxylic acids is 1. The van der Waals surface area contributed by atoms with Crippen LogP contribution in [0.5, 0.6) is 0 Å². The minimum absolute atomic E-state index is 0.0901. The molecule has 2 aliphatic rings. The summed E-state index contributed by atoms with van der Waals surface area (Å²) < 4.78 is 31.3. The Hall–Kier alpha value is -3.24. The number of hydrogen-bond acceptors (Lipinski definition) is 7. The van der Waals surface area contributed by atoms with Crippen LogP contribution >= 0.6 is 11.5 Å². The molecule has 0 radical (unpaired) electrons. The lowest BCUT2D eigenvalue weighted by Crippen LogP contribution is -2.46. The number of anilines is 2. The first kappa shape index (κ1) is 23.5. The summed E-state index contributed by atoms with van der Waals surface area (Å²) in [6.07, 6.45) is 7.22. The van der Waals surface area contributed by atoms with Gasteiger partial charge in [-0.1, -0.05) is 43.3 Å². The highest BCUT2D eigenvalue weighted by Crippen LogP contribution is 2.35. The third-order valence-corrected chi connectivity index (χ3v) is 8.79. The number of sulfonamides is 1. The summed E-state index contributed by atoms with van der Waals surface area (Å²) >= 11 is 0.987. The maximum absolute atomic E-state index is 13.0. The van der Waals surface area contributed by atoms with E-state index in [1.54, 1.807) is 12.1 Å². The molecule has 1 aliphatic carbocycles. The van der Waals surface area contributed by atoms with Crippen LogP contribution in [0.1, 0.15) is 36.8 Å². The minimum atomic E-state index is -3.70. The number of nitrogens with zero attached hydrogens (tertiary/aromatic N) is 3. The van der Waals surface area contributed by atoms with Crippen LogP contribution in [0.25, 0.3) is 6.08 Å². The van der Waals surface area contributed by atoms with E-state index in [2.05, 4.69) is 48.6 Å². The van der Waals surface area contributed by atoms with Gasteiger partial charge in [-0.05, 0) is 48.2 Å². The average molecular weight is 510 g/mol. The van der Waals surface area contributed by atoms with Gasteiger partial charge in [0.1, 0.15) is 6.33 Å². The second-order valence-corrected chi connectivity index (χ2v) is 11.4. The molecule has 0 bridgehead atoms. The van der Waals surface area contributed by atoms with E-state index >= 15 is 0 Å². The highest BCUT2D eigenvalue weighted by Gasteiger charge is 2.30. The predicted octanol–water partition coefficient (Wildman–Crippen LogP) is 3.87. The quantitative estimate of drug-likeness (QED) is 0.501. The Bertz CT molecular complexity index is 1320. The second kappa shape index (κ2) is 9.79. The van der Waals surface area contributed by atoms with Gasteiger partial charge in [-0.15, -0.1) is 0 Å². The van der Waals surface area contributed by atoms with E-state index in [-0.39, 0.29) is 33.8 Å². The molecule has 2 aromatic carbocycles. The van der Waals surface area contributed by atoms with Gasteiger partial charge in [0, 0.05) is 48.2 Å². The molecule has 182 valence electrons. The van der Waals surface area contributed by atoms with Gasteiger partial charge < -0.3 is 10.2 Å². The summed E-state index contributed by atoms with van der Waals surface area (Å²) in [6, 6.07) is 15.2. The number of fused-ring (bicyclic) bond motifs is 1. The Kier molecular flexibility index (Phi) is 6.57. The Labute approximate surface area is 209 Å². The van der Waals surface area contributed by atoms with Crippen molar-refractivity contribution in [3.05, 3.63) is 72.1 Å². The van der Waals surface area contributed by atoms with Gasteiger partial charge in [0.2, 0.25) is 11.0 Å². The summed E-state index contributed by atoms with van der Waals surface area (Å²) in [4.78, 5) is 19.2. The summed E-state index contributed by atoms with van der Waals surface area (Å²) in [5.74, 6) is 0.0749. The van der Waals surface area contributed by atoms with Crippen molar-refractivity contribution in [1.29, 1.82) is 0 Å². The minimum Gasteiger partial charge on any atom is -0.371 e. The Morgan fingerprint density at radius 3 is 2.57 bits per heavy atom. The average Bonchev–Trinajstić information content (AvgIpc) is 3.54. The number of benzene rings is 2. The SMILES string of the molecule is C[C@H](C(=O)NC1CCN(c2ccc(S(=O)(=O)Nc3ncns3)cc2)CC1)C1C=Cc2ccccc21.